The van der Waals surface area contributed by atoms with Gasteiger partial charge in [-0.05, 0) is 187 Å². The molecule has 6 fully saturated rings. The van der Waals surface area contributed by atoms with E-state index in [0.29, 0.717) is 46.2 Å². The van der Waals surface area contributed by atoms with Crippen LogP contribution >= 0.6 is 11.3 Å². The molecule has 1 aromatic heterocycles. The summed E-state index contributed by atoms with van der Waals surface area (Å²) in [5, 5.41) is 0. The molecule has 5 aromatic carbocycles. The number of allylic oxidation sites excluding steroid dienone is 1. The largest absolute Gasteiger partial charge is 0.423 e. The number of fused-ring (bicyclic) bond motifs is 2. The molecule has 69 heavy (non-hydrogen) atoms. The maximum atomic E-state index is 15.4. The second-order valence-electron chi connectivity index (χ2n) is 20.9. The van der Waals surface area contributed by atoms with E-state index < -0.39 is 17.3 Å². The number of hydrogen-bond donors (Lipinski definition) is 0. The summed E-state index contributed by atoms with van der Waals surface area (Å²) < 4.78 is 6.03. The first-order valence-electron chi connectivity index (χ1n) is 25.6. The highest BCUT2D eigenvalue weighted by molar-refractivity contribution is 7.16. The Bertz CT molecular complexity index is 2950. The zero-order valence-corrected chi connectivity index (χ0v) is 40.9. The van der Waals surface area contributed by atoms with Crippen molar-refractivity contribution in [3.8, 4) is 27.3 Å². The molecule has 2 aliphatic heterocycles. The maximum Gasteiger partial charge on any atom is 0.344 e. The number of imide groups is 1. The highest BCUT2D eigenvalue weighted by atomic mass is 32.1. The first-order chi connectivity index (χ1) is 33.7. The molecular weight excluding hydrogens is 871 g/mol. The Morgan fingerprint density at radius 3 is 1.77 bits per heavy atom. The summed E-state index contributed by atoms with van der Waals surface area (Å²) in [5.74, 6) is 1.54. The molecule has 1 unspecified atom stereocenters. The molecule has 350 valence electrons. The molecule has 6 aromatic rings. The van der Waals surface area contributed by atoms with Gasteiger partial charge in [0.05, 0.1) is 17.2 Å². The van der Waals surface area contributed by atoms with Crippen LogP contribution in [0, 0.1) is 29.6 Å². The zero-order chi connectivity index (χ0) is 47.0. The van der Waals surface area contributed by atoms with E-state index in [4.69, 9.17) is 4.74 Å². The molecule has 7 nitrogen and oxygen atoms in total. The third-order valence-electron chi connectivity index (χ3n) is 17.0. The van der Waals surface area contributed by atoms with Crippen LogP contribution in [-0.2, 0) is 27.8 Å². The molecule has 2 saturated heterocycles. The number of amides is 2. The van der Waals surface area contributed by atoms with Gasteiger partial charge in [-0.2, -0.15) is 0 Å². The quantitative estimate of drug-likeness (QED) is 0.0732. The summed E-state index contributed by atoms with van der Waals surface area (Å²) in [6.07, 6.45) is 10.2. The van der Waals surface area contributed by atoms with Gasteiger partial charge in [0.15, 0.2) is 0 Å². The number of rotatable bonds is 11. The predicted molar refractivity (Wildman–Crippen MR) is 279 cm³/mol. The van der Waals surface area contributed by atoms with Crippen LogP contribution < -0.4 is 19.4 Å². The van der Waals surface area contributed by atoms with Gasteiger partial charge in [0, 0.05) is 58.3 Å². The number of benzene rings is 5. The number of ether oxygens (including phenoxy) is 1. The third kappa shape index (κ3) is 7.39. The van der Waals surface area contributed by atoms with E-state index in [1.54, 1.807) is 4.90 Å². The van der Waals surface area contributed by atoms with Gasteiger partial charge in [0.25, 0.3) is 5.91 Å². The third-order valence-corrected chi connectivity index (χ3v) is 18.3. The van der Waals surface area contributed by atoms with Crippen molar-refractivity contribution < 1.29 is 19.1 Å². The van der Waals surface area contributed by atoms with E-state index in [1.165, 1.54) is 28.1 Å². The first-order valence-corrected chi connectivity index (χ1v) is 26.5. The number of aryl methyl sites for hydroxylation is 2. The molecule has 4 saturated carbocycles. The van der Waals surface area contributed by atoms with Crippen molar-refractivity contribution in [3.63, 3.8) is 0 Å². The van der Waals surface area contributed by atoms with Gasteiger partial charge in [-0.3, -0.25) is 9.59 Å². The lowest BCUT2D eigenvalue weighted by Crippen LogP contribution is -2.61. The van der Waals surface area contributed by atoms with Crippen molar-refractivity contribution in [3.05, 3.63) is 160 Å². The van der Waals surface area contributed by atoms with Crippen molar-refractivity contribution in [1.82, 2.24) is 0 Å². The van der Waals surface area contributed by atoms with Crippen LogP contribution in [0.3, 0.4) is 0 Å². The van der Waals surface area contributed by atoms with Crippen LogP contribution in [0.15, 0.2) is 133 Å². The number of hydrogen-bond acceptors (Lipinski definition) is 7. The van der Waals surface area contributed by atoms with Crippen LogP contribution in [0.4, 0.5) is 17.1 Å². The maximum absolute atomic E-state index is 15.4. The van der Waals surface area contributed by atoms with Crippen molar-refractivity contribution >= 4 is 51.8 Å². The molecule has 13 rings (SSSR count). The van der Waals surface area contributed by atoms with E-state index in [1.807, 2.05) is 72.0 Å². The molecule has 3 heterocycles. The SMILES string of the molecule is CCCc1ccc(-c2ccccc2C(=O)Oc2ccc(-c3cc4c(s3)C3(C5CC6CC(C5)CC3C6)C3C(=O)N(c5ccc(N6CCN(c7ccc(CCC)cc7)CC6)cc5)C(=O)C3=C4C)cc2)cc1. The normalized spacial score (nSPS) is 24.6. The Morgan fingerprint density at radius 1 is 0.638 bits per heavy atom. The lowest BCUT2D eigenvalue weighted by atomic mass is 9.40. The zero-order valence-electron chi connectivity index (χ0n) is 40.1. The van der Waals surface area contributed by atoms with Crippen LogP contribution in [0.5, 0.6) is 5.75 Å². The Hall–Kier alpha value is -6.25. The Balaban J connectivity index is 0.811. The van der Waals surface area contributed by atoms with E-state index in [2.05, 4.69) is 97.3 Å². The topological polar surface area (TPSA) is 70.2 Å². The van der Waals surface area contributed by atoms with Crippen LogP contribution in [0.25, 0.3) is 27.1 Å². The average molecular weight is 932 g/mol. The monoisotopic (exact) mass is 931 g/mol. The van der Waals surface area contributed by atoms with Gasteiger partial charge in [-0.15, -0.1) is 11.3 Å². The number of esters is 1. The van der Waals surface area contributed by atoms with Crippen molar-refractivity contribution in [2.24, 2.45) is 29.6 Å². The summed E-state index contributed by atoms with van der Waals surface area (Å²) >= 11 is 1.83. The number of thiophene rings is 1. The van der Waals surface area contributed by atoms with Gasteiger partial charge in [0.2, 0.25) is 5.91 Å². The lowest BCUT2D eigenvalue weighted by molar-refractivity contribution is -0.131. The summed E-state index contributed by atoms with van der Waals surface area (Å²) in [5.41, 5.74) is 11.5. The molecule has 0 radical (unpaired) electrons. The number of carbonyl (C=O) groups is 3. The molecule has 8 heteroatoms. The number of nitrogens with zero attached hydrogens (tertiary/aromatic N) is 3. The minimum absolute atomic E-state index is 0.0463. The molecule has 7 aliphatic rings. The predicted octanol–water partition coefficient (Wildman–Crippen LogP) is 13.2. The number of anilines is 3. The standard InChI is InChI=1S/C61H61N3O4S/c1-4-8-39-12-16-43(17-13-39)51-10-6-7-11-52(51)60(67)68-50-26-18-44(19-27-50)54-37-53-38(3)55-56(61(57(53)69-54)45-33-41-32-42(35-45)36-46(61)34-41)59(66)64(58(55)65)49-24-22-48(23-25-49)63-30-28-62(29-31-63)47-20-14-40(9-5-2)15-21-47/h6-7,10-27,37,41-42,45-46,56H,4-5,8-9,28-36H2,1-3H3. The smallest absolute Gasteiger partial charge is 0.344 e. The molecule has 0 N–H and O–H groups in total. The lowest BCUT2D eigenvalue weighted by Gasteiger charge is -2.63. The highest BCUT2D eigenvalue weighted by Gasteiger charge is 2.69. The summed E-state index contributed by atoms with van der Waals surface area (Å²) in [6.45, 7) is 10.2. The fraction of sp³-hybridized carbons (Fsp3) is 0.361. The molecule has 4 bridgehead atoms. The van der Waals surface area contributed by atoms with Crippen molar-refractivity contribution in [2.45, 2.75) is 84.0 Å². The molecule has 2 amide bonds. The van der Waals surface area contributed by atoms with Crippen molar-refractivity contribution in [2.75, 3.05) is 40.9 Å². The van der Waals surface area contributed by atoms with E-state index in [9.17, 15) is 4.79 Å². The van der Waals surface area contributed by atoms with Crippen LogP contribution in [-0.4, -0.2) is 44.0 Å². The number of carbonyl (C=O) groups excluding carboxylic acids is 3. The molecule has 5 aliphatic carbocycles. The summed E-state index contributed by atoms with van der Waals surface area (Å²) in [7, 11) is 0. The molecule has 1 spiro atoms. The average Bonchev–Trinajstić information content (AvgIpc) is 3.94. The van der Waals surface area contributed by atoms with Crippen LogP contribution in [0.1, 0.15) is 97.6 Å². The Labute approximate surface area is 410 Å². The second-order valence-corrected chi connectivity index (χ2v) is 21.9. The molecular formula is C61H61N3O4S. The Kier molecular flexibility index (Phi) is 11.2. The fourth-order valence-electron chi connectivity index (χ4n) is 14.0. The minimum Gasteiger partial charge on any atom is -0.423 e. The van der Waals surface area contributed by atoms with Gasteiger partial charge in [0.1, 0.15) is 5.75 Å². The number of piperazine rings is 1. The Morgan fingerprint density at radius 2 is 1.17 bits per heavy atom. The first kappa shape index (κ1) is 44.0. The van der Waals surface area contributed by atoms with Crippen LogP contribution in [0.2, 0.25) is 0 Å². The van der Waals surface area contributed by atoms with Crippen molar-refractivity contribution in [1.29, 1.82) is 0 Å². The van der Waals surface area contributed by atoms with Gasteiger partial charge < -0.3 is 14.5 Å². The van der Waals surface area contributed by atoms with E-state index in [-0.39, 0.29) is 11.8 Å². The minimum atomic E-state index is -0.485. The highest BCUT2D eigenvalue weighted by Crippen LogP contribution is 2.71. The van der Waals surface area contributed by atoms with Gasteiger partial charge >= 0.3 is 5.97 Å². The second kappa shape index (κ2) is 17.6. The fourth-order valence-corrected chi connectivity index (χ4v) is 15.6. The van der Waals surface area contributed by atoms with Gasteiger partial charge in [-0.1, -0.05) is 81.3 Å². The van der Waals surface area contributed by atoms with E-state index >= 15 is 9.59 Å². The van der Waals surface area contributed by atoms with Gasteiger partial charge in [-0.25, -0.2) is 9.69 Å². The summed E-state index contributed by atoms with van der Waals surface area (Å²) in [6, 6.07) is 43.5. The molecule has 1 atom stereocenters. The van der Waals surface area contributed by atoms with E-state index in [0.717, 1.165) is 116 Å². The summed E-state index contributed by atoms with van der Waals surface area (Å²) in [4.78, 5) is 53.0.